The van der Waals surface area contributed by atoms with Gasteiger partial charge in [0.25, 0.3) is 5.56 Å². The van der Waals surface area contributed by atoms with Gasteiger partial charge in [0.05, 0.1) is 0 Å². The third kappa shape index (κ3) is 3.62. The van der Waals surface area contributed by atoms with Gasteiger partial charge in [-0.3, -0.25) is 14.5 Å². The van der Waals surface area contributed by atoms with Crippen LogP contribution in [0.4, 0.5) is 0 Å². The number of hydrogen-bond acceptors (Lipinski definition) is 4. The monoisotopic (exact) mass is 342 g/mol. The van der Waals surface area contributed by atoms with E-state index in [1.54, 1.807) is 6.92 Å². The second kappa shape index (κ2) is 7.40. The van der Waals surface area contributed by atoms with Crippen molar-refractivity contribution in [3.8, 4) is 6.07 Å². The molecule has 2 aliphatic heterocycles. The normalized spacial score (nSPS) is 20.8. The van der Waals surface area contributed by atoms with Crippen molar-refractivity contribution in [2.45, 2.75) is 52.0 Å². The van der Waals surface area contributed by atoms with Gasteiger partial charge in [-0.05, 0) is 50.8 Å². The Kier molecular flexibility index (Phi) is 5.24. The molecule has 0 aromatic carbocycles. The molecule has 3 rings (SSSR count). The predicted octanol–water partition coefficient (Wildman–Crippen LogP) is 1.49. The van der Waals surface area contributed by atoms with Gasteiger partial charge in [0.1, 0.15) is 11.6 Å². The van der Waals surface area contributed by atoms with Crippen LogP contribution in [0.25, 0.3) is 0 Å². The lowest BCUT2D eigenvalue weighted by molar-refractivity contribution is -0.134. The predicted molar refractivity (Wildman–Crippen MR) is 95.4 cm³/mol. The van der Waals surface area contributed by atoms with Crippen LogP contribution in [0.3, 0.4) is 0 Å². The molecule has 3 heterocycles. The van der Waals surface area contributed by atoms with Gasteiger partial charge in [0, 0.05) is 37.8 Å². The van der Waals surface area contributed by atoms with Crippen LogP contribution >= 0.6 is 0 Å². The summed E-state index contributed by atoms with van der Waals surface area (Å²) in [7, 11) is 0. The number of carbonyl (C=O) groups excluding carboxylic acids is 1. The smallest absolute Gasteiger partial charge is 0.266 e. The molecule has 1 aromatic rings. The highest BCUT2D eigenvalue weighted by molar-refractivity contribution is 5.76. The van der Waals surface area contributed by atoms with E-state index in [1.807, 2.05) is 17.9 Å². The van der Waals surface area contributed by atoms with Crippen molar-refractivity contribution >= 4 is 5.91 Å². The number of nitrogens with one attached hydrogen (secondary N) is 1. The Hall–Kier alpha value is -2.13. The number of aryl methyl sites for hydroxylation is 1. The number of nitriles is 1. The van der Waals surface area contributed by atoms with Crippen molar-refractivity contribution in [3.05, 3.63) is 32.7 Å². The van der Waals surface area contributed by atoms with Crippen LogP contribution < -0.4 is 5.56 Å². The summed E-state index contributed by atoms with van der Waals surface area (Å²) in [5, 5.41) is 9.16. The lowest BCUT2D eigenvalue weighted by Crippen LogP contribution is -2.56. The van der Waals surface area contributed by atoms with Gasteiger partial charge >= 0.3 is 0 Å². The molecule has 0 radical (unpaired) electrons. The number of aromatic nitrogens is 1. The number of aromatic amines is 1. The molecule has 0 unspecified atom stereocenters. The molecule has 0 spiro atoms. The molecule has 2 aliphatic rings. The molecule has 2 fully saturated rings. The fraction of sp³-hybridized carbons (Fsp3) is 0.632. The van der Waals surface area contributed by atoms with Gasteiger partial charge in [-0.25, -0.2) is 0 Å². The highest BCUT2D eigenvalue weighted by atomic mass is 16.2. The Morgan fingerprint density at radius 1 is 1.28 bits per heavy atom. The van der Waals surface area contributed by atoms with Crippen LogP contribution in [0.1, 0.15) is 48.1 Å². The summed E-state index contributed by atoms with van der Waals surface area (Å²) in [5.74, 6) is 0.175. The Labute approximate surface area is 148 Å². The van der Waals surface area contributed by atoms with Gasteiger partial charge in [-0.2, -0.15) is 5.26 Å². The molecule has 1 atom stereocenters. The summed E-state index contributed by atoms with van der Waals surface area (Å²) in [5.41, 5.74) is 2.19. The van der Waals surface area contributed by atoms with Crippen LogP contribution in [0.2, 0.25) is 0 Å². The van der Waals surface area contributed by atoms with Gasteiger partial charge in [-0.15, -0.1) is 0 Å². The fourth-order valence-electron chi connectivity index (χ4n) is 4.19. The number of piperazine rings is 1. The second-order valence-electron chi connectivity index (χ2n) is 7.19. The molecule has 25 heavy (non-hydrogen) atoms. The maximum Gasteiger partial charge on any atom is 0.266 e. The maximum atomic E-state index is 12.7. The number of fused-ring (bicyclic) bond motifs is 1. The lowest BCUT2D eigenvalue weighted by Gasteiger charge is -2.44. The summed E-state index contributed by atoms with van der Waals surface area (Å²) in [4.78, 5) is 31.7. The van der Waals surface area contributed by atoms with Crippen LogP contribution in [0.15, 0.2) is 4.79 Å². The van der Waals surface area contributed by atoms with Gasteiger partial charge in [-0.1, -0.05) is 6.42 Å². The van der Waals surface area contributed by atoms with Crippen LogP contribution in [0, 0.1) is 25.2 Å². The Bertz CT molecular complexity index is 762. The Morgan fingerprint density at radius 3 is 2.84 bits per heavy atom. The molecule has 0 saturated carbocycles. The van der Waals surface area contributed by atoms with E-state index < -0.39 is 0 Å². The molecule has 2 saturated heterocycles. The first-order valence-corrected chi connectivity index (χ1v) is 9.15. The number of amides is 1. The van der Waals surface area contributed by atoms with Crippen molar-refractivity contribution in [1.82, 2.24) is 14.8 Å². The Balaban J connectivity index is 1.65. The molecular formula is C19H26N4O2. The standard InChI is InChI=1S/C19H26N4O2/c1-13-16(14(2)21-19(25)17(13)11-20)6-7-18(24)23-10-9-22-8-4-3-5-15(22)12-23/h15H,3-10,12H2,1-2H3,(H,21,25)/t15-/m0/s1. The highest BCUT2D eigenvalue weighted by Gasteiger charge is 2.30. The van der Waals surface area contributed by atoms with Gasteiger partial charge < -0.3 is 9.88 Å². The van der Waals surface area contributed by atoms with Crippen LogP contribution in [-0.4, -0.2) is 52.9 Å². The minimum absolute atomic E-state index is 0.156. The quantitative estimate of drug-likeness (QED) is 0.902. The van der Waals surface area contributed by atoms with E-state index in [0.717, 1.165) is 30.9 Å². The molecule has 1 amide bonds. The molecule has 0 bridgehead atoms. The third-order valence-electron chi connectivity index (χ3n) is 5.70. The van der Waals surface area contributed by atoms with E-state index in [9.17, 15) is 9.59 Å². The molecule has 1 aromatic heterocycles. The van der Waals surface area contributed by atoms with E-state index in [4.69, 9.17) is 5.26 Å². The van der Waals surface area contributed by atoms with Crippen LogP contribution in [-0.2, 0) is 11.2 Å². The minimum atomic E-state index is -0.346. The molecule has 6 heteroatoms. The van der Waals surface area contributed by atoms with Gasteiger partial charge in [0.2, 0.25) is 5.91 Å². The summed E-state index contributed by atoms with van der Waals surface area (Å²) >= 11 is 0. The summed E-state index contributed by atoms with van der Waals surface area (Å²) in [6.07, 6.45) is 4.71. The topological polar surface area (TPSA) is 80.2 Å². The number of nitrogens with zero attached hydrogens (tertiary/aromatic N) is 3. The lowest BCUT2D eigenvalue weighted by atomic mass is 9.97. The zero-order chi connectivity index (χ0) is 18.0. The summed E-state index contributed by atoms with van der Waals surface area (Å²) < 4.78 is 0. The second-order valence-corrected chi connectivity index (χ2v) is 7.19. The molecule has 134 valence electrons. The van der Waals surface area contributed by atoms with Crippen molar-refractivity contribution in [2.24, 2.45) is 0 Å². The number of pyridine rings is 1. The largest absolute Gasteiger partial charge is 0.340 e. The van der Waals surface area contributed by atoms with E-state index in [0.29, 0.717) is 24.4 Å². The maximum absolute atomic E-state index is 12.7. The Morgan fingerprint density at radius 2 is 2.08 bits per heavy atom. The van der Waals surface area contributed by atoms with Crippen LogP contribution in [0.5, 0.6) is 0 Å². The zero-order valence-corrected chi connectivity index (χ0v) is 15.1. The summed E-state index contributed by atoms with van der Waals surface area (Å²) in [6, 6.07) is 2.49. The average molecular weight is 342 g/mol. The van der Waals surface area contributed by atoms with E-state index in [-0.39, 0.29) is 17.0 Å². The zero-order valence-electron chi connectivity index (χ0n) is 15.1. The number of rotatable bonds is 3. The third-order valence-corrected chi connectivity index (χ3v) is 5.70. The number of piperidine rings is 1. The average Bonchev–Trinajstić information content (AvgIpc) is 2.61. The molecule has 1 N–H and O–H groups in total. The fourth-order valence-corrected chi connectivity index (χ4v) is 4.19. The number of hydrogen-bond donors (Lipinski definition) is 1. The van der Waals surface area contributed by atoms with Crippen molar-refractivity contribution < 1.29 is 4.79 Å². The van der Waals surface area contributed by atoms with E-state index >= 15 is 0 Å². The molecule has 0 aliphatic carbocycles. The van der Waals surface area contributed by atoms with Gasteiger partial charge in [0.15, 0.2) is 0 Å². The van der Waals surface area contributed by atoms with Crippen molar-refractivity contribution in [2.75, 3.05) is 26.2 Å². The highest BCUT2D eigenvalue weighted by Crippen LogP contribution is 2.22. The molecule has 6 nitrogen and oxygen atoms in total. The van der Waals surface area contributed by atoms with E-state index in [2.05, 4.69) is 9.88 Å². The first-order chi connectivity index (χ1) is 12.0. The first-order valence-electron chi connectivity index (χ1n) is 9.15. The van der Waals surface area contributed by atoms with Crippen molar-refractivity contribution in [3.63, 3.8) is 0 Å². The number of carbonyl (C=O) groups is 1. The van der Waals surface area contributed by atoms with E-state index in [1.165, 1.54) is 25.8 Å². The first kappa shape index (κ1) is 17.7. The van der Waals surface area contributed by atoms with Crippen molar-refractivity contribution in [1.29, 1.82) is 5.26 Å². The summed E-state index contributed by atoms with van der Waals surface area (Å²) in [6.45, 7) is 7.41. The molecular weight excluding hydrogens is 316 g/mol. The SMILES string of the molecule is Cc1[nH]c(=O)c(C#N)c(C)c1CCC(=O)N1CCN2CCCC[C@H]2C1. The minimum Gasteiger partial charge on any atom is -0.340 e. The number of H-pyrrole nitrogens is 1.